The van der Waals surface area contributed by atoms with Crippen molar-refractivity contribution in [1.29, 1.82) is 0 Å². The molecule has 134 valence electrons. The van der Waals surface area contributed by atoms with Crippen molar-refractivity contribution in [2.75, 3.05) is 20.8 Å². The van der Waals surface area contributed by atoms with E-state index in [-0.39, 0.29) is 0 Å². The third-order valence-electron chi connectivity index (χ3n) is 3.91. The van der Waals surface area contributed by atoms with Crippen molar-refractivity contribution in [3.05, 3.63) is 65.2 Å². The molecular weight excluding hydrogens is 332 g/mol. The molecule has 1 aliphatic heterocycles. The Kier molecular flexibility index (Phi) is 5.27. The summed E-state index contributed by atoms with van der Waals surface area (Å²) in [5.74, 6) is 2.09. The minimum Gasteiger partial charge on any atom is -0.497 e. The summed E-state index contributed by atoms with van der Waals surface area (Å²) in [5.41, 5.74) is 2.05. The first-order valence-corrected chi connectivity index (χ1v) is 8.25. The molecule has 0 N–H and O–H groups in total. The van der Waals surface area contributed by atoms with Gasteiger partial charge < -0.3 is 18.9 Å². The standard InChI is InChI=1S/C21H20O5/c1-4-25-16-7-5-14(6-8-16)11-15-12-20(26-21(15)22)18-10-9-17(23-2)13-19(18)24-3/h5-13H,4H2,1-3H3/b15-11-. The Hall–Kier alpha value is -3.21. The van der Waals surface area contributed by atoms with Crippen LogP contribution in [-0.4, -0.2) is 26.8 Å². The number of cyclic esters (lactones) is 1. The van der Waals surface area contributed by atoms with Crippen LogP contribution in [0.15, 0.2) is 54.1 Å². The van der Waals surface area contributed by atoms with Crippen LogP contribution in [0.25, 0.3) is 11.8 Å². The quantitative estimate of drug-likeness (QED) is 0.579. The molecule has 0 spiro atoms. The van der Waals surface area contributed by atoms with Crippen molar-refractivity contribution >= 4 is 17.8 Å². The largest absolute Gasteiger partial charge is 0.497 e. The Morgan fingerprint density at radius 2 is 1.73 bits per heavy atom. The zero-order valence-corrected chi connectivity index (χ0v) is 14.9. The smallest absolute Gasteiger partial charge is 0.343 e. The number of esters is 1. The molecule has 1 aliphatic rings. The summed E-state index contributed by atoms with van der Waals surface area (Å²) in [6.07, 6.45) is 3.49. The lowest BCUT2D eigenvalue weighted by Crippen LogP contribution is -1.98. The summed E-state index contributed by atoms with van der Waals surface area (Å²) in [7, 11) is 3.15. The lowest BCUT2D eigenvalue weighted by Gasteiger charge is -2.10. The first kappa shape index (κ1) is 17.6. The summed E-state index contributed by atoms with van der Waals surface area (Å²) < 4.78 is 21.4. The fraction of sp³-hybridized carbons (Fsp3) is 0.190. The zero-order chi connectivity index (χ0) is 18.5. The summed E-state index contributed by atoms with van der Waals surface area (Å²) >= 11 is 0. The minimum absolute atomic E-state index is 0.397. The van der Waals surface area contributed by atoms with Gasteiger partial charge in [0.15, 0.2) is 0 Å². The number of hydrogen-bond donors (Lipinski definition) is 0. The van der Waals surface area contributed by atoms with Crippen LogP contribution in [0.5, 0.6) is 17.2 Å². The molecule has 0 unspecified atom stereocenters. The van der Waals surface area contributed by atoms with Crippen molar-refractivity contribution in [2.45, 2.75) is 6.92 Å². The maximum absolute atomic E-state index is 12.2. The van der Waals surface area contributed by atoms with Crippen LogP contribution in [0.2, 0.25) is 0 Å². The van der Waals surface area contributed by atoms with Gasteiger partial charge >= 0.3 is 5.97 Å². The van der Waals surface area contributed by atoms with E-state index in [2.05, 4.69) is 0 Å². The summed E-state index contributed by atoms with van der Waals surface area (Å²) in [6, 6.07) is 12.9. The average molecular weight is 352 g/mol. The van der Waals surface area contributed by atoms with Gasteiger partial charge in [-0.1, -0.05) is 12.1 Å². The Bertz CT molecular complexity index is 862. The molecule has 2 aromatic rings. The van der Waals surface area contributed by atoms with Crippen LogP contribution >= 0.6 is 0 Å². The van der Waals surface area contributed by atoms with E-state index < -0.39 is 5.97 Å². The number of carbonyl (C=O) groups excluding carboxylic acids is 1. The lowest BCUT2D eigenvalue weighted by molar-refractivity contribution is -0.130. The highest BCUT2D eigenvalue weighted by atomic mass is 16.5. The Morgan fingerprint density at radius 3 is 2.38 bits per heavy atom. The molecule has 0 saturated heterocycles. The van der Waals surface area contributed by atoms with E-state index >= 15 is 0 Å². The van der Waals surface area contributed by atoms with Crippen LogP contribution in [0, 0.1) is 0 Å². The number of ether oxygens (including phenoxy) is 4. The van der Waals surface area contributed by atoms with Gasteiger partial charge in [-0.3, -0.25) is 0 Å². The average Bonchev–Trinajstić information content (AvgIpc) is 3.03. The predicted molar refractivity (Wildman–Crippen MR) is 99.2 cm³/mol. The molecule has 0 amide bonds. The number of benzene rings is 2. The van der Waals surface area contributed by atoms with Gasteiger partial charge in [-0.15, -0.1) is 0 Å². The SMILES string of the molecule is CCOc1ccc(/C=C2/C=C(c3ccc(OC)cc3OC)OC2=O)cc1. The molecule has 1 heterocycles. The van der Waals surface area contributed by atoms with Gasteiger partial charge in [0, 0.05) is 6.07 Å². The molecule has 0 atom stereocenters. The van der Waals surface area contributed by atoms with Crippen molar-refractivity contribution in [3.8, 4) is 17.2 Å². The fourth-order valence-electron chi connectivity index (χ4n) is 2.63. The highest BCUT2D eigenvalue weighted by Crippen LogP contribution is 2.35. The van der Waals surface area contributed by atoms with E-state index in [0.29, 0.717) is 35.0 Å². The minimum atomic E-state index is -0.397. The monoisotopic (exact) mass is 352 g/mol. The summed E-state index contributed by atoms with van der Waals surface area (Å²) in [5, 5.41) is 0. The van der Waals surface area contributed by atoms with Crippen LogP contribution in [0.3, 0.4) is 0 Å². The maximum Gasteiger partial charge on any atom is 0.343 e. The number of carbonyl (C=O) groups is 1. The normalized spacial score (nSPS) is 14.8. The second-order valence-electron chi connectivity index (χ2n) is 5.57. The highest BCUT2D eigenvalue weighted by Gasteiger charge is 2.24. The van der Waals surface area contributed by atoms with E-state index in [9.17, 15) is 4.79 Å². The summed E-state index contributed by atoms with van der Waals surface area (Å²) in [4.78, 5) is 12.2. The topological polar surface area (TPSA) is 54.0 Å². The first-order valence-electron chi connectivity index (χ1n) is 8.25. The molecule has 5 heteroatoms. The molecular formula is C21H20O5. The van der Waals surface area contributed by atoms with Crippen molar-refractivity contribution < 1.29 is 23.7 Å². The number of methoxy groups -OCH3 is 2. The molecule has 0 radical (unpaired) electrons. The van der Waals surface area contributed by atoms with Gasteiger partial charge in [-0.2, -0.15) is 0 Å². The third kappa shape index (κ3) is 3.72. The second kappa shape index (κ2) is 7.78. The molecule has 5 nitrogen and oxygen atoms in total. The Labute approximate surface area is 152 Å². The van der Waals surface area contributed by atoms with Gasteiger partial charge in [-0.25, -0.2) is 4.79 Å². The summed E-state index contributed by atoms with van der Waals surface area (Å²) in [6.45, 7) is 2.55. The molecule has 26 heavy (non-hydrogen) atoms. The lowest BCUT2D eigenvalue weighted by atomic mass is 10.1. The molecule has 0 aromatic heterocycles. The third-order valence-corrected chi connectivity index (χ3v) is 3.91. The predicted octanol–water partition coefficient (Wildman–Crippen LogP) is 4.08. The number of hydrogen-bond acceptors (Lipinski definition) is 5. The van der Waals surface area contributed by atoms with Crippen molar-refractivity contribution in [1.82, 2.24) is 0 Å². The fourth-order valence-corrected chi connectivity index (χ4v) is 2.63. The van der Waals surface area contributed by atoms with E-state index in [0.717, 1.165) is 11.3 Å². The second-order valence-corrected chi connectivity index (χ2v) is 5.57. The molecule has 0 fully saturated rings. The van der Waals surface area contributed by atoms with Crippen LogP contribution < -0.4 is 14.2 Å². The van der Waals surface area contributed by atoms with Crippen LogP contribution in [0.4, 0.5) is 0 Å². The highest BCUT2D eigenvalue weighted by molar-refractivity contribution is 6.05. The Balaban J connectivity index is 1.89. The first-order chi connectivity index (χ1) is 12.6. The van der Waals surface area contributed by atoms with Crippen molar-refractivity contribution in [3.63, 3.8) is 0 Å². The molecule has 0 bridgehead atoms. The van der Waals surface area contributed by atoms with Gasteiger partial charge in [0.2, 0.25) is 0 Å². The number of rotatable bonds is 6. The van der Waals surface area contributed by atoms with Crippen molar-refractivity contribution in [2.24, 2.45) is 0 Å². The van der Waals surface area contributed by atoms with Crippen LogP contribution in [-0.2, 0) is 9.53 Å². The van der Waals surface area contributed by atoms with E-state index in [4.69, 9.17) is 18.9 Å². The maximum atomic E-state index is 12.2. The van der Waals surface area contributed by atoms with E-state index in [1.54, 1.807) is 44.6 Å². The zero-order valence-electron chi connectivity index (χ0n) is 14.9. The molecule has 2 aromatic carbocycles. The van der Waals surface area contributed by atoms with Crippen LogP contribution in [0.1, 0.15) is 18.1 Å². The van der Waals surface area contributed by atoms with E-state index in [1.807, 2.05) is 31.2 Å². The molecule has 3 rings (SSSR count). The van der Waals surface area contributed by atoms with Gasteiger partial charge in [-0.05, 0) is 48.9 Å². The molecule has 0 saturated carbocycles. The van der Waals surface area contributed by atoms with Gasteiger partial charge in [0.25, 0.3) is 0 Å². The molecule has 0 aliphatic carbocycles. The van der Waals surface area contributed by atoms with Gasteiger partial charge in [0.1, 0.15) is 23.0 Å². The van der Waals surface area contributed by atoms with E-state index in [1.165, 1.54) is 0 Å². The Morgan fingerprint density at radius 1 is 1.00 bits per heavy atom. The van der Waals surface area contributed by atoms with Gasteiger partial charge in [0.05, 0.1) is 32.0 Å².